The van der Waals surface area contributed by atoms with E-state index in [1.165, 1.54) is 16.2 Å². The largest absolute Gasteiger partial charge is 0.480 e. The Morgan fingerprint density at radius 2 is 1.92 bits per heavy atom. The number of aliphatic carboxylic acids is 1. The number of piperidine rings is 1. The van der Waals surface area contributed by atoms with Crippen LogP contribution in [0.2, 0.25) is 0 Å². The number of hydrogen-bond acceptors (Lipinski definition) is 4. The molecule has 0 aliphatic carbocycles. The molecule has 2 amide bonds. The zero-order valence-electron chi connectivity index (χ0n) is 14.2. The number of amides is 2. The van der Waals surface area contributed by atoms with Crippen molar-refractivity contribution in [3.63, 3.8) is 0 Å². The van der Waals surface area contributed by atoms with Crippen molar-refractivity contribution in [1.29, 1.82) is 0 Å². The molecule has 0 unspecified atom stereocenters. The van der Waals surface area contributed by atoms with Crippen molar-refractivity contribution in [1.82, 2.24) is 10.2 Å². The Bertz CT molecular complexity index is 786. The summed E-state index contributed by atoms with van der Waals surface area (Å²) < 4.78 is 0. The first-order valence-corrected chi connectivity index (χ1v) is 9.38. The summed E-state index contributed by atoms with van der Waals surface area (Å²) in [4.78, 5) is 38.1. The maximum atomic E-state index is 12.6. The molecule has 0 radical (unpaired) electrons. The number of thiophene rings is 1. The topological polar surface area (TPSA) is 86.7 Å². The molecular formula is C19H20N2O4S. The molecule has 1 aromatic carbocycles. The van der Waals surface area contributed by atoms with Crippen molar-refractivity contribution >= 4 is 29.1 Å². The molecule has 1 saturated heterocycles. The number of likely N-dealkylation sites (tertiary alicyclic amines) is 1. The summed E-state index contributed by atoms with van der Waals surface area (Å²) in [5.41, 5.74) is 1.34. The third-order valence-electron chi connectivity index (χ3n) is 4.45. The van der Waals surface area contributed by atoms with Gasteiger partial charge in [-0.1, -0.05) is 18.2 Å². The highest BCUT2D eigenvalue weighted by molar-refractivity contribution is 7.12. The lowest BCUT2D eigenvalue weighted by Gasteiger charge is -2.33. The Kier molecular flexibility index (Phi) is 5.68. The van der Waals surface area contributed by atoms with Gasteiger partial charge in [0, 0.05) is 18.7 Å². The van der Waals surface area contributed by atoms with Crippen molar-refractivity contribution in [2.75, 3.05) is 6.54 Å². The molecule has 1 atom stereocenters. The highest BCUT2D eigenvalue weighted by Crippen LogP contribution is 2.20. The van der Waals surface area contributed by atoms with Gasteiger partial charge in [0.25, 0.3) is 11.8 Å². The Labute approximate surface area is 155 Å². The standard InChI is InChI=1S/C19H20N2O4S/c22-17(16-5-3-11-26-16)20-12-13-6-8-14(9-7-13)18(23)21-10-2-1-4-15(21)19(24)25/h3,5-9,11,15H,1-2,4,10,12H2,(H,20,22)(H,24,25)/t15-/m1/s1. The Morgan fingerprint density at radius 3 is 2.58 bits per heavy atom. The maximum Gasteiger partial charge on any atom is 0.326 e. The molecule has 136 valence electrons. The molecule has 1 aliphatic heterocycles. The molecule has 26 heavy (non-hydrogen) atoms. The van der Waals surface area contributed by atoms with Crippen LogP contribution in [0.5, 0.6) is 0 Å². The normalized spacial score (nSPS) is 16.9. The second-order valence-electron chi connectivity index (χ2n) is 6.21. The van der Waals surface area contributed by atoms with Crippen LogP contribution in [0.3, 0.4) is 0 Å². The van der Waals surface area contributed by atoms with Crippen molar-refractivity contribution in [2.24, 2.45) is 0 Å². The molecule has 0 spiro atoms. The minimum Gasteiger partial charge on any atom is -0.480 e. The van der Waals surface area contributed by atoms with Gasteiger partial charge in [0.05, 0.1) is 4.88 Å². The van der Waals surface area contributed by atoms with Crippen LogP contribution in [0.25, 0.3) is 0 Å². The van der Waals surface area contributed by atoms with E-state index in [1.54, 1.807) is 30.3 Å². The molecule has 0 saturated carbocycles. The zero-order chi connectivity index (χ0) is 18.5. The van der Waals surface area contributed by atoms with Gasteiger partial charge < -0.3 is 15.3 Å². The molecule has 3 rings (SSSR count). The molecule has 7 heteroatoms. The van der Waals surface area contributed by atoms with Crippen LogP contribution in [0.4, 0.5) is 0 Å². The van der Waals surface area contributed by atoms with Gasteiger partial charge in [-0.05, 0) is 48.4 Å². The van der Waals surface area contributed by atoms with E-state index < -0.39 is 12.0 Å². The van der Waals surface area contributed by atoms with Crippen molar-refractivity contribution in [2.45, 2.75) is 31.8 Å². The van der Waals surface area contributed by atoms with Crippen LogP contribution in [-0.2, 0) is 11.3 Å². The van der Waals surface area contributed by atoms with Gasteiger partial charge in [0.2, 0.25) is 0 Å². The second-order valence-corrected chi connectivity index (χ2v) is 7.15. The minimum absolute atomic E-state index is 0.127. The van der Waals surface area contributed by atoms with E-state index in [0.29, 0.717) is 30.0 Å². The lowest BCUT2D eigenvalue weighted by Crippen LogP contribution is -2.47. The molecule has 6 nitrogen and oxygen atoms in total. The van der Waals surface area contributed by atoms with Crippen molar-refractivity contribution in [3.8, 4) is 0 Å². The zero-order valence-corrected chi connectivity index (χ0v) is 15.0. The first-order chi connectivity index (χ1) is 12.6. The number of benzene rings is 1. The number of nitrogens with zero attached hydrogens (tertiary/aromatic N) is 1. The third kappa shape index (κ3) is 4.11. The maximum absolute atomic E-state index is 12.6. The average molecular weight is 372 g/mol. The lowest BCUT2D eigenvalue weighted by molar-refractivity contribution is -0.143. The fourth-order valence-corrected chi connectivity index (χ4v) is 3.68. The summed E-state index contributed by atoms with van der Waals surface area (Å²) in [6.45, 7) is 0.834. The summed E-state index contributed by atoms with van der Waals surface area (Å²) in [6, 6.07) is 9.76. The van der Waals surface area contributed by atoms with Crippen molar-refractivity contribution in [3.05, 3.63) is 57.8 Å². The van der Waals surface area contributed by atoms with Gasteiger partial charge in [-0.15, -0.1) is 11.3 Å². The smallest absolute Gasteiger partial charge is 0.326 e. The quantitative estimate of drug-likeness (QED) is 0.845. The molecular weight excluding hydrogens is 352 g/mol. The molecule has 1 aliphatic rings. The summed E-state index contributed by atoms with van der Waals surface area (Å²) in [6.07, 6.45) is 2.14. The predicted molar refractivity (Wildman–Crippen MR) is 98.2 cm³/mol. The van der Waals surface area contributed by atoms with Gasteiger partial charge in [0.15, 0.2) is 0 Å². The number of rotatable bonds is 5. The summed E-state index contributed by atoms with van der Waals surface area (Å²) in [5, 5.41) is 14.0. The van der Waals surface area contributed by atoms with E-state index in [2.05, 4.69) is 5.32 Å². The fraction of sp³-hybridized carbons (Fsp3) is 0.316. The van der Waals surface area contributed by atoms with Gasteiger partial charge in [0.1, 0.15) is 6.04 Å². The summed E-state index contributed by atoms with van der Waals surface area (Å²) >= 11 is 1.38. The first-order valence-electron chi connectivity index (χ1n) is 8.50. The van der Waals surface area contributed by atoms with Crippen LogP contribution >= 0.6 is 11.3 Å². The number of carboxylic acids is 1. The van der Waals surface area contributed by atoms with Crippen LogP contribution in [0.1, 0.15) is 44.9 Å². The van der Waals surface area contributed by atoms with E-state index in [4.69, 9.17) is 0 Å². The van der Waals surface area contributed by atoms with Crippen LogP contribution in [0, 0.1) is 0 Å². The molecule has 0 bridgehead atoms. The molecule has 1 aromatic heterocycles. The predicted octanol–water partition coefficient (Wildman–Crippen LogP) is 2.76. The number of carbonyl (C=O) groups is 3. The van der Waals surface area contributed by atoms with E-state index in [9.17, 15) is 19.5 Å². The average Bonchev–Trinajstić information content (AvgIpc) is 3.21. The van der Waals surface area contributed by atoms with Crippen LogP contribution < -0.4 is 5.32 Å². The van der Waals surface area contributed by atoms with Gasteiger partial charge in [-0.3, -0.25) is 9.59 Å². The monoisotopic (exact) mass is 372 g/mol. The number of carbonyl (C=O) groups excluding carboxylic acids is 2. The summed E-state index contributed by atoms with van der Waals surface area (Å²) in [5.74, 6) is -1.34. The first kappa shape index (κ1) is 18.1. The molecule has 2 N–H and O–H groups in total. The Balaban J connectivity index is 1.62. The molecule has 2 heterocycles. The van der Waals surface area contributed by atoms with E-state index in [-0.39, 0.29) is 11.8 Å². The van der Waals surface area contributed by atoms with E-state index in [0.717, 1.165) is 18.4 Å². The highest BCUT2D eigenvalue weighted by Gasteiger charge is 2.32. The van der Waals surface area contributed by atoms with Gasteiger partial charge >= 0.3 is 5.97 Å². The SMILES string of the molecule is O=C(NCc1ccc(C(=O)N2CCCC[C@@H]2C(=O)O)cc1)c1cccs1. The van der Waals surface area contributed by atoms with Crippen LogP contribution in [-0.4, -0.2) is 40.4 Å². The minimum atomic E-state index is -0.953. The lowest BCUT2D eigenvalue weighted by atomic mass is 10.0. The molecule has 1 fully saturated rings. The van der Waals surface area contributed by atoms with Crippen LogP contribution in [0.15, 0.2) is 41.8 Å². The third-order valence-corrected chi connectivity index (χ3v) is 5.32. The Hall–Kier alpha value is -2.67. The van der Waals surface area contributed by atoms with E-state index in [1.807, 2.05) is 11.4 Å². The number of nitrogens with one attached hydrogen (secondary N) is 1. The summed E-state index contributed by atoms with van der Waals surface area (Å²) in [7, 11) is 0. The Morgan fingerprint density at radius 1 is 1.15 bits per heavy atom. The number of hydrogen-bond donors (Lipinski definition) is 2. The fourth-order valence-electron chi connectivity index (χ4n) is 3.04. The number of carboxylic acid groups (broad SMARTS) is 1. The van der Waals surface area contributed by atoms with Crippen molar-refractivity contribution < 1.29 is 19.5 Å². The van der Waals surface area contributed by atoms with Gasteiger partial charge in [-0.2, -0.15) is 0 Å². The van der Waals surface area contributed by atoms with Gasteiger partial charge in [-0.25, -0.2) is 4.79 Å². The highest BCUT2D eigenvalue weighted by atomic mass is 32.1. The van der Waals surface area contributed by atoms with E-state index >= 15 is 0 Å². The molecule has 2 aromatic rings. The second kappa shape index (κ2) is 8.14.